The molecule has 1 aromatic rings. The van der Waals surface area contributed by atoms with Crippen LogP contribution in [0.3, 0.4) is 0 Å². The van der Waals surface area contributed by atoms with Crippen molar-refractivity contribution in [3.63, 3.8) is 0 Å². The summed E-state index contributed by atoms with van der Waals surface area (Å²) in [5.41, 5.74) is 0. The fourth-order valence-corrected chi connectivity index (χ4v) is 1.50. The molecule has 0 spiro atoms. The normalized spacial score (nSPS) is 13.0. The van der Waals surface area contributed by atoms with Crippen molar-refractivity contribution in [2.75, 3.05) is 20.3 Å². The van der Waals surface area contributed by atoms with E-state index in [1.807, 2.05) is 12.1 Å². The molecule has 1 heterocycles. The highest BCUT2D eigenvalue weighted by molar-refractivity contribution is 5.10. The van der Waals surface area contributed by atoms with Crippen LogP contribution in [0.25, 0.3) is 0 Å². The molecule has 0 aliphatic rings. The maximum atomic E-state index is 5.70. The number of rotatable bonds is 7. The zero-order chi connectivity index (χ0) is 11.1. The van der Waals surface area contributed by atoms with Crippen molar-refractivity contribution >= 4 is 0 Å². The standard InChI is InChI=1S/C12H21NO2/c1-4-8-13-11(9-14-3)12-7-6-10(5-2)15-12/h6-7,11,13H,4-5,8-9H2,1-3H3. The van der Waals surface area contributed by atoms with Gasteiger partial charge in [-0.25, -0.2) is 0 Å². The second kappa shape index (κ2) is 6.64. The van der Waals surface area contributed by atoms with Crippen LogP contribution < -0.4 is 5.32 Å². The van der Waals surface area contributed by atoms with E-state index in [0.717, 1.165) is 30.9 Å². The maximum absolute atomic E-state index is 5.70. The van der Waals surface area contributed by atoms with Crippen LogP contribution in [0, 0.1) is 0 Å². The molecule has 15 heavy (non-hydrogen) atoms. The second-order valence-corrected chi connectivity index (χ2v) is 3.62. The Morgan fingerprint density at radius 3 is 2.73 bits per heavy atom. The van der Waals surface area contributed by atoms with Crippen molar-refractivity contribution < 1.29 is 9.15 Å². The first-order chi connectivity index (χ1) is 7.31. The summed E-state index contributed by atoms with van der Waals surface area (Å²) in [7, 11) is 1.71. The van der Waals surface area contributed by atoms with Gasteiger partial charge in [-0.05, 0) is 25.1 Å². The minimum Gasteiger partial charge on any atom is -0.464 e. The van der Waals surface area contributed by atoms with Gasteiger partial charge in [-0.2, -0.15) is 0 Å². The van der Waals surface area contributed by atoms with E-state index in [0.29, 0.717) is 6.61 Å². The van der Waals surface area contributed by atoms with E-state index in [2.05, 4.69) is 19.2 Å². The molecular formula is C12H21NO2. The van der Waals surface area contributed by atoms with Crippen LogP contribution in [-0.4, -0.2) is 20.3 Å². The van der Waals surface area contributed by atoms with Gasteiger partial charge in [0.25, 0.3) is 0 Å². The molecule has 1 aromatic heterocycles. The Kier molecular flexibility index (Phi) is 5.43. The third-order valence-corrected chi connectivity index (χ3v) is 2.35. The number of hydrogen-bond acceptors (Lipinski definition) is 3. The minimum atomic E-state index is 0.176. The summed E-state index contributed by atoms with van der Waals surface area (Å²) in [5.74, 6) is 2.01. The molecule has 1 atom stereocenters. The van der Waals surface area contributed by atoms with Gasteiger partial charge in [0.05, 0.1) is 12.6 Å². The smallest absolute Gasteiger partial charge is 0.123 e. The zero-order valence-electron chi connectivity index (χ0n) is 9.88. The summed E-state index contributed by atoms with van der Waals surface area (Å²) in [4.78, 5) is 0. The zero-order valence-corrected chi connectivity index (χ0v) is 9.88. The van der Waals surface area contributed by atoms with Gasteiger partial charge in [-0.15, -0.1) is 0 Å². The van der Waals surface area contributed by atoms with Crippen molar-refractivity contribution in [1.29, 1.82) is 0 Å². The van der Waals surface area contributed by atoms with Crippen LogP contribution in [0.15, 0.2) is 16.5 Å². The first kappa shape index (κ1) is 12.3. The summed E-state index contributed by atoms with van der Waals surface area (Å²) in [6.45, 7) is 5.87. The number of hydrogen-bond donors (Lipinski definition) is 1. The van der Waals surface area contributed by atoms with Gasteiger partial charge < -0.3 is 14.5 Å². The van der Waals surface area contributed by atoms with Crippen LogP contribution in [0.1, 0.15) is 37.8 Å². The van der Waals surface area contributed by atoms with Crippen molar-refractivity contribution in [2.24, 2.45) is 0 Å². The first-order valence-corrected chi connectivity index (χ1v) is 5.62. The van der Waals surface area contributed by atoms with Crippen molar-refractivity contribution in [3.05, 3.63) is 23.7 Å². The molecule has 3 nitrogen and oxygen atoms in total. The number of aryl methyl sites for hydroxylation is 1. The third-order valence-electron chi connectivity index (χ3n) is 2.35. The molecule has 3 heteroatoms. The van der Waals surface area contributed by atoms with Gasteiger partial charge in [0, 0.05) is 13.5 Å². The lowest BCUT2D eigenvalue weighted by molar-refractivity contribution is 0.156. The SMILES string of the molecule is CCCNC(COC)c1ccc(CC)o1. The van der Waals surface area contributed by atoms with Gasteiger partial charge >= 0.3 is 0 Å². The molecule has 1 N–H and O–H groups in total. The molecule has 1 rings (SSSR count). The molecule has 0 amide bonds. The van der Waals surface area contributed by atoms with Crippen molar-refractivity contribution in [3.8, 4) is 0 Å². The number of methoxy groups -OCH3 is 1. The summed E-state index contributed by atoms with van der Waals surface area (Å²) in [5, 5.41) is 3.41. The molecular weight excluding hydrogens is 190 g/mol. The second-order valence-electron chi connectivity index (χ2n) is 3.62. The average Bonchev–Trinajstić information content (AvgIpc) is 2.72. The minimum absolute atomic E-state index is 0.176. The van der Waals surface area contributed by atoms with Gasteiger partial charge in [-0.3, -0.25) is 0 Å². The van der Waals surface area contributed by atoms with Crippen LogP contribution in [0.5, 0.6) is 0 Å². The Hall–Kier alpha value is -0.800. The molecule has 0 bridgehead atoms. The largest absolute Gasteiger partial charge is 0.464 e. The predicted molar refractivity (Wildman–Crippen MR) is 61.0 cm³/mol. The fraction of sp³-hybridized carbons (Fsp3) is 0.667. The third kappa shape index (κ3) is 3.68. The van der Waals surface area contributed by atoms with Crippen LogP contribution in [0.2, 0.25) is 0 Å². The Bertz CT molecular complexity index is 270. The Balaban J connectivity index is 2.60. The lowest BCUT2D eigenvalue weighted by Crippen LogP contribution is -2.25. The van der Waals surface area contributed by atoms with E-state index in [9.17, 15) is 0 Å². The first-order valence-electron chi connectivity index (χ1n) is 5.62. The Morgan fingerprint density at radius 1 is 1.40 bits per heavy atom. The average molecular weight is 211 g/mol. The summed E-state index contributed by atoms with van der Waals surface area (Å²) in [6, 6.07) is 4.24. The van der Waals surface area contributed by atoms with Gasteiger partial charge in [-0.1, -0.05) is 13.8 Å². The van der Waals surface area contributed by atoms with E-state index in [1.54, 1.807) is 7.11 Å². The highest BCUT2D eigenvalue weighted by atomic mass is 16.5. The molecule has 0 fully saturated rings. The maximum Gasteiger partial charge on any atom is 0.123 e. The lowest BCUT2D eigenvalue weighted by atomic mass is 10.2. The van der Waals surface area contributed by atoms with Crippen LogP contribution in [-0.2, 0) is 11.2 Å². The topological polar surface area (TPSA) is 34.4 Å². The van der Waals surface area contributed by atoms with E-state index in [4.69, 9.17) is 9.15 Å². The van der Waals surface area contributed by atoms with Crippen molar-refractivity contribution in [1.82, 2.24) is 5.32 Å². The molecule has 1 unspecified atom stereocenters. The van der Waals surface area contributed by atoms with Gasteiger partial charge in [0.2, 0.25) is 0 Å². The predicted octanol–water partition coefficient (Wildman–Crippen LogP) is 2.53. The molecule has 0 radical (unpaired) electrons. The van der Waals surface area contributed by atoms with Crippen LogP contribution in [0.4, 0.5) is 0 Å². The Morgan fingerprint density at radius 2 is 2.20 bits per heavy atom. The van der Waals surface area contributed by atoms with E-state index >= 15 is 0 Å². The summed E-state index contributed by atoms with van der Waals surface area (Å²) < 4.78 is 10.9. The molecule has 86 valence electrons. The number of ether oxygens (including phenoxy) is 1. The molecule has 0 aromatic carbocycles. The van der Waals surface area contributed by atoms with E-state index in [1.165, 1.54) is 0 Å². The Labute approximate surface area is 91.8 Å². The highest BCUT2D eigenvalue weighted by Gasteiger charge is 2.14. The number of nitrogens with one attached hydrogen (secondary N) is 1. The van der Waals surface area contributed by atoms with Gasteiger partial charge in [0.15, 0.2) is 0 Å². The van der Waals surface area contributed by atoms with E-state index < -0.39 is 0 Å². The van der Waals surface area contributed by atoms with Crippen LogP contribution >= 0.6 is 0 Å². The van der Waals surface area contributed by atoms with E-state index in [-0.39, 0.29) is 6.04 Å². The molecule has 0 saturated carbocycles. The molecule has 0 saturated heterocycles. The lowest BCUT2D eigenvalue weighted by Gasteiger charge is -2.14. The molecule has 0 aliphatic carbocycles. The fourth-order valence-electron chi connectivity index (χ4n) is 1.50. The molecule has 0 aliphatic heterocycles. The van der Waals surface area contributed by atoms with Gasteiger partial charge in [0.1, 0.15) is 11.5 Å². The quantitative estimate of drug-likeness (QED) is 0.752. The van der Waals surface area contributed by atoms with Crippen molar-refractivity contribution in [2.45, 2.75) is 32.7 Å². The monoisotopic (exact) mass is 211 g/mol. The summed E-state index contributed by atoms with van der Waals surface area (Å²) >= 11 is 0. The highest BCUT2D eigenvalue weighted by Crippen LogP contribution is 2.17. The summed E-state index contributed by atoms with van der Waals surface area (Å²) in [6.07, 6.45) is 2.05. The number of furan rings is 1.